The molecular formula is C19H26N4O2S. The van der Waals surface area contributed by atoms with E-state index in [1.807, 2.05) is 4.90 Å². The highest BCUT2D eigenvalue weighted by atomic mass is 32.1. The highest BCUT2D eigenvalue weighted by Gasteiger charge is 2.29. The van der Waals surface area contributed by atoms with Gasteiger partial charge in [0, 0.05) is 23.9 Å². The Kier molecular flexibility index (Phi) is 5.76. The van der Waals surface area contributed by atoms with Gasteiger partial charge in [-0.3, -0.25) is 14.7 Å². The molecule has 0 unspecified atom stereocenters. The molecule has 1 aliphatic rings. The molecule has 6 nitrogen and oxygen atoms in total. The zero-order chi connectivity index (χ0) is 18.7. The molecule has 7 heteroatoms. The second kappa shape index (κ2) is 8.03. The van der Waals surface area contributed by atoms with Crippen molar-refractivity contribution in [3.63, 3.8) is 0 Å². The summed E-state index contributed by atoms with van der Waals surface area (Å²) in [6.07, 6.45) is 6.36. The maximum Gasteiger partial charge on any atom is 0.263 e. The van der Waals surface area contributed by atoms with Crippen LogP contribution in [-0.2, 0) is 12.8 Å². The molecule has 0 aromatic carbocycles. The maximum absolute atomic E-state index is 13.0. The number of nitrogens with two attached hydrogens (primary N) is 1. The smallest absolute Gasteiger partial charge is 0.263 e. The lowest BCUT2D eigenvalue weighted by Crippen LogP contribution is -2.39. The van der Waals surface area contributed by atoms with Crippen LogP contribution in [0.15, 0.2) is 12.3 Å². The molecule has 0 saturated carbocycles. The van der Waals surface area contributed by atoms with E-state index in [9.17, 15) is 9.59 Å². The van der Waals surface area contributed by atoms with Crippen LogP contribution in [0.25, 0.3) is 0 Å². The largest absolute Gasteiger partial charge is 0.365 e. The fraction of sp³-hybridized carbons (Fsp3) is 0.526. The zero-order valence-corrected chi connectivity index (χ0v) is 16.2. The molecular weight excluding hydrogens is 348 g/mol. The van der Waals surface area contributed by atoms with Crippen molar-refractivity contribution in [2.24, 2.45) is 5.73 Å². The quantitative estimate of drug-likeness (QED) is 0.814. The summed E-state index contributed by atoms with van der Waals surface area (Å²) in [5.41, 5.74) is 7.91. The number of piperidine rings is 1. The van der Waals surface area contributed by atoms with Gasteiger partial charge in [0.15, 0.2) is 0 Å². The number of carbonyl (C=O) groups is 2. The van der Waals surface area contributed by atoms with Gasteiger partial charge in [-0.1, -0.05) is 20.3 Å². The summed E-state index contributed by atoms with van der Waals surface area (Å²) in [5.74, 6) is -0.317. The third-order valence-electron chi connectivity index (χ3n) is 5.02. The number of amides is 2. The first kappa shape index (κ1) is 18.6. The molecule has 0 bridgehead atoms. The van der Waals surface area contributed by atoms with E-state index in [0.29, 0.717) is 12.1 Å². The Labute approximate surface area is 157 Å². The van der Waals surface area contributed by atoms with Crippen molar-refractivity contribution in [2.75, 3.05) is 13.1 Å². The number of hydrogen-bond donors (Lipinski definition) is 2. The Morgan fingerprint density at radius 1 is 1.42 bits per heavy atom. The highest BCUT2D eigenvalue weighted by molar-refractivity contribution is 7.14. The molecule has 1 atom stereocenters. The molecule has 26 heavy (non-hydrogen) atoms. The number of aromatic nitrogens is 2. The minimum absolute atomic E-state index is 0.0680. The minimum atomic E-state index is -0.479. The molecule has 2 amide bonds. The van der Waals surface area contributed by atoms with E-state index < -0.39 is 5.91 Å². The number of hydrogen-bond acceptors (Lipinski definition) is 4. The topological polar surface area (TPSA) is 92.1 Å². The van der Waals surface area contributed by atoms with Gasteiger partial charge < -0.3 is 10.6 Å². The number of rotatable bonds is 6. The molecule has 2 aromatic heterocycles. The van der Waals surface area contributed by atoms with Crippen LogP contribution in [0.3, 0.4) is 0 Å². The Morgan fingerprint density at radius 2 is 2.23 bits per heavy atom. The highest BCUT2D eigenvalue weighted by Crippen LogP contribution is 2.31. The normalized spacial score (nSPS) is 17.5. The van der Waals surface area contributed by atoms with Gasteiger partial charge in [-0.25, -0.2) is 0 Å². The van der Waals surface area contributed by atoms with Gasteiger partial charge in [0.05, 0.1) is 22.3 Å². The Morgan fingerprint density at radius 3 is 2.92 bits per heavy atom. The van der Waals surface area contributed by atoms with Crippen LogP contribution >= 0.6 is 11.3 Å². The molecule has 2 aromatic rings. The van der Waals surface area contributed by atoms with Crippen molar-refractivity contribution in [2.45, 2.75) is 51.9 Å². The van der Waals surface area contributed by atoms with E-state index in [1.165, 1.54) is 16.6 Å². The summed E-state index contributed by atoms with van der Waals surface area (Å²) >= 11 is 1.63. The lowest BCUT2D eigenvalue weighted by molar-refractivity contribution is 0.0710. The van der Waals surface area contributed by atoms with E-state index in [1.54, 1.807) is 11.3 Å². The average molecular weight is 375 g/mol. The SMILES string of the molecule is CCCc1sc(C(=O)N2CCC[C@H](c3[nH]ncc3C(N)=O)C2)cc1CC. The molecule has 3 N–H and O–H groups in total. The molecule has 1 fully saturated rings. The minimum Gasteiger partial charge on any atom is -0.365 e. The fourth-order valence-electron chi connectivity index (χ4n) is 3.67. The zero-order valence-electron chi connectivity index (χ0n) is 15.4. The predicted molar refractivity (Wildman–Crippen MR) is 103 cm³/mol. The number of likely N-dealkylation sites (tertiary alicyclic amines) is 1. The van der Waals surface area contributed by atoms with Crippen molar-refractivity contribution in [1.82, 2.24) is 15.1 Å². The average Bonchev–Trinajstić information content (AvgIpc) is 3.28. The van der Waals surface area contributed by atoms with Crippen molar-refractivity contribution in [3.8, 4) is 0 Å². The lowest BCUT2D eigenvalue weighted by Gasteiger charge is -2.32. The maximum atomic E-state index is 13.0. The van der Waals surface area contributed by atoms with Crippen LogP contribution < -0.4 is 5.73 Å². The molecule has 0 radical (unpaired) electrons. The Balaban J connectivity index is 1.78. The Bertz CT molecular complexity index is 795. The molecule has 1 saturated heterocycles. The number of aryl methyl sites for hydroxylation is 2. The van der Waals surface area contributed by atoms with Crippen molar-refractivity contribution >= 4 is 23.2 Å². The molecule has 1 aliphatic heterocycles. The van der Waals surface area contributed by atoms with E-state index in [2.05, 4.69) is 30.1 Å². The first-order valence-electron chi connectivity index (χ1n) is 9.29. The Hall–Kier alpha value is -2.15. The van der Waals surface area contributed by atoms with Gasteiger partial charge in [0.2, 0.25) is 0 Å². The van der Waals surface area contributed by atoms with E-state index in [4.69, 9.17) is 5.73 Å². The van der Waals surface area contributed by atoms with Gasteiger partial charge in [-0.2, -0.15) is 5.10 Å². The van der Waals surface area contributed by atoms with Gasteiger partial charge in [0.1, 0.15) is 0 Å². The van der Waals surface area contributed by atoms with Crippen molar-refractivity contribution in [1.29, 1.82) is 0 Å². The van der Waals surface area contributed by atoms with Gasteiger partial charge >= 0.3 is 0 Å². The fourth-order valence-corrected chi connectivity index (χ4v) is 4.99. The van der Waals surface area contributed by atoms with Crippen LogP contribution in [0.4, 0.5) is 0 Å². The lowest BCUT2D eigenvalue weighted by atomic mass is 9.92. The number of carbonyl (C=O) groups excluding carboxylic acids is 2. The third-order valence-corrected chi connectivity index (χ3v) is 6.24. The van der Waals surface area contributed by atoms with E-state index in [0.717, 1.165) is 49.2 Å². The van der Waals surface area contributed by atoms with E-state index >= 15 is 0 Å². The van der Waals surface area contributed by atoms with Crippen LogP contribution in [0.2, 0.25) is 0 Å². The molecule has 140 valence electrons. The third kappa shape index (κ3) is 3.67. The van der Waals surface area contributed by atoms with Crippen LogP contribution in [-0.4, -0.2) is 40.0 Å². The number of aromatic amines is 1. The number of primary amides is 1. The predicted octanol–water partition coefficient (Wildman–Crippen LogP) is 3.10. The summed E-state index contributed by atoms with van der Waals surface area (Å²) in [7, 11) is 0. The second-order valence-electron chi connectivity index (χ2n) is 6.81. The van der Waals surface area contributed by atoms with E-state index in [-0.39, 0.29) is 11.8 Å². The van der Waals surface area contributed by atoms with Gasteiger partial charge in [-0.05, 0) is 37.3 Å². The van der Waals surface area contributed by atoms with Crippen molar-refractivity contribution < 1.29 is 9.59 Å². The van der Waals surface area contributed by atoms with Crippen molar-refractivity contribution in [3.05, 3.63) is 38.8 Å². The number of nitrogens with one attached hydrogen (secondary N) is 1. The molecule has 3 heterocycles. The summed E-state index contributed by atoms with van der Waals surface area (Å²) in [6, 6.07) is 2.06. The van der Waals surface area contributed by atoms with Gasteiger partial charge in [-0.15, -0.1) is 11.3 Å². The summed E-state index contributed by atoms with van der Waals surface area (Å²) in [4.78, 5) is 28.7. The standard InChI is InChI=1S/C19H26N4O2S/c1-3-6-15-12(4-2)9-16(26-15)19(25)23-8-5-7-13(11-23)17-14(18(20)24)10-21-22-17/h9-10,13H,3-8,11H2,1-2H3,(H2,20,24)(H,21,22)/t13-/m0/s1. The number of thiophene rings is 1. The van der Waals surface area contributed by atoms with Crippen LogP contribution in [0.1, 0.15) is 75.2 Å². The van der Waals surface area contributed by atoms with Gasteiger partial charge in [0.25, 0.3) is 11.8 Å². The summed E-state index contributed by atoms with van der Waals surface area (Å²) < 4.78 is 0. The molecule has 3 rings (SSSR count). The monoisotopic (exact) mass is 374 g/mol. The summed E-state index contributed by atoms with van der Waals surface area (Å²) in [5, 5.41) is 6.87. The first-order chi connectivity index (χ1) is 12.5. The molecule has 0 spiro atoms. The number of nitrogens with zero attached hydrogens (tertiary/aromatic N) is 2. The summed E-state index contributed by atoms with van der Waals surface area (Å²) in [6.45, 7) is 5.63. The van der Waals surface area contributed by atoms with Crippen LogP contribution in [0.5, 0.6) is 0 Å². The second-order valence-corrected chi connectivity index (χ2v) is 7.95. The molecule has 0 aliphatic carbocycles. The number of H-pyrrole nitrogens is 1. The van der Waals surface area contributed by atoms with Crippen LogP contribution in [0, 0.1) is 0 Å². The first-order valence-corrected chi connectivity index (χ1v) is 10.1.